The van der Waals surface area contributed by atoms with Crippen LogP contribution in [0.15, 0.2) is 23.4 Å². The molecule has 2 heteroatoms. The quantitative estimate of drug-likeness (QED) is 0.536. The predicted octanol–water partition coefficient (Wildman–Crippen LogP) is 0.754. The van der Waals surface area contributed by atoms with Crippen molar-refractivity contribution in [1.82, 2.24) is 0 Å². The van der Waals surface area contributed by atoms with Gasteiger partial charge in [0.1, 0.15) is 0 Å². The van der Waals surface area contributed by atoms with Crippen molar-refractivity contribution in [3.05, 3.63) is 23.4 Å². The maximum Gasteiger partial charge on any atom is 0.0285 e. The Labute approximate surface area is 56.2 Å². The lowest BCUT2D eigenvalue weighted by Crippen LogP contribution is -2.00. The van der Waals surface area contributed by atoms with Crippen molar-refractivity contribution in [3.8, 4) is 0 Å². The number of rotatable bonds is 2. The zero-order chi connectivity index (χ0) is 7.28. The maximum atomic E-state index is 5.49. The fourth-order valence-electron chi connectivity index (χ4n) is 0.528. The topological polar surface area (TPSA) is 52.0 Å². The Kier molecular flexibility index (Phi) is 3.80. The number of nitrogens with two attached hydrogens (primary N) is 2. The molecule has 0 aromatic rings. The highest BCUT2D eigenvalue weighted by atomic mass is 14.6. The summed E-state index contributed by atoms with van der Waals surface area (Å²) >= 11 is 0. The Bertz CT molecular complexity index is 130. The molecule has 2 nitrogen and oxygen atoms in total. The Balaban J connectivity index is 3.90. The monoisotopic (exact) mass is 126 g/mol. The van der Waals surface area contributed by atoms with Gasteiger partial charge in [-0.15, -0.1) is 0 Å². The van der Waals surface area contributed by atoms with Crippen LogP contribution in [0, 0.1) is 0 Å². The van der Waals surface area contributed by atoms with Gasteiger partial charge in [-0.2, -0.15) is 0 Å². The second-order valence-electron chi connectivity index (χ2n) is 2.16. The average Bonchev–Trinajstić information content (AvgIpc) is 1.63. The van der Waals surface area contributed by atoms with Crippen LogP contribution in [0.25, 0.3) is 0 Å². The summed E-state index contributed by atoms with van der Waals surface area (Å²) in [4.78, 5) is 0. The lowest BCUT2D eigenvalue weighted by Gasteiger charge is -1.91. The highest BCUT2D eigenvalue weighted by molar-refractivity contribution is 5.18. The molecule has 0 spiro atoms. The van der Waals surface area contributed by atoms with Crippen LogP contribution in [0.2, 0.25) is 0 Å². The van der Waals surface area contributed by atoms with E-state index in [2.05, 4.69) is 0 Å². The standard InChI is InChI=1S/C7H14N2/c1-6(2)5-7(9)3-4-8/h3,5H,4,8-9H2,1-2H3/b7-3+. The highest BCUT2D eigenvalue weighted by Crippen LogP contribution is 1.93. The van der Waals surface area contributed by atoms with Gasteiger partial charge in [-0.1, -0.05) is 5.57 Å². The van der Waals surface area contributed by atoms with E-state index in [0.29, 0.717) is 6.54 Å². The van der Waals surface area contributed by atoms with Gasteiger partial charge in [-0.05, 0) is 26.0 Å². The maximum absolute atomic E-state index is 5.49. The molecule has 9 heavy (non-hydrogen) atoms. The van der Waals surface area contributed by atoms with Gasteiger partial charge in [-0.3, -0.25) is 0 Å². The van der Waals surface area contributed by atoms with Crippen LogP contribution in [0.3, 0.4) is 0 Å². The van der Waals surface area contributed by atoms with Crippen molar-refractivity contribution in [2.75, 3.05) is 6.54 Å². The summed E-state index contributed by atoms with van der Waals surface area (Å²) in [5.74, 6) is 0. The van der Waals surface area contributed by atoms with E-state index in [0.717, 1.165) is 5.70 Å². The van der Waals surface area contributed by atoms with Crippen molar-refractivity contribution in [3.63, 3.8) is 0 Å². The lowest BCUT2D eigenvalue weighted by atomic mass is 10.3. The summed E-state index contributed by atoms with van der Waals surface area (Å²) in [6.45, 7) is 4.50. The van der Waals surface area contributed by atoms with E-state index < -0.39 is 0 Å². The van der Waals surface area contributed by atoms with E-state index >= 15 is 0 Å². The second kappa shape index (κ2) is 4.15. The van der Waals surface area contributed by atoms with Crippen LogP contribution in [0.5, 0.6) is 0 Å². The Hall–Kier alpha value is -0.760. The van der Waals surface area contributed by atoms with Gasteiger partial charge in [0, 0.05) is 12.2 Å². The summed E-state index contributed by atoms with van der Waals surface area (Å²) < 4.78 is 0. The molecule has 0 rings (SSSR count). The number of allylic oxidation sites excluding steroid dienone is 2. The summed E-state index contributed by atoms with van der Waals surface area (Å²) in [6.07, 6.45) is 3.68. The molecule has 0 aromatic heterocycles. The smallest absolute Gasteiger partial charge is 0.0285 e. The fraction of sp³-hybridized carbons (Fsp3) is 0.429. The van der Waals surface area contributed by atoms with Crippen molar-refractivity contribution < 1.29 is 0 Å². The zero-order valence-electron chi connectivity index (χ0n) is 6.02. The van der Waals surface area contributed by atoms with Crippen molar-refractivity contribution in [1.29, 1.82) is 0 Å². The van der Waals surface area contributed by atoms with Gasteiger partial charge in [0.2, 0.25) is 0 Å². The van der Waals surface area contributed by atoms with Crippen LogP contribution >= 0.6 is 0 Å². The van der Waals surface area contributed by atoms with Crippen LogP contribution in [-0.4, -0.2) is 6.54 Å². The summed E-state index contributed by atoms with van der Waals surface area (Å²) in [6, 6.07) is 0. The molecule has 0 aliphatic rings. The lowest BCUT2D eigenvalue weighted by molar-refractivity contribution is 1.20. The molecule has 0 aliphatic carbocycles. The van der Waals surface area contributed by atoms with Crippen LogP contribution in [0.1, 0.15) is 13.8 Å². The van der Waals surface area contributed by atoms with E-state index in [4.69, 9.17) is 11.5 Å². The largest absolute Gasteiger partial charge is 0.399 e. The molecule has 52 valence electrons. The van der Waals surface area contributed by atoms with Crippen molar-refractivity contribution >= 4 is 0 Å². The molecule has 4 N–H and O–H groups in total. The third kappa shape index (κ3) is 5.11. The second-order valence-corrected chi connectivity index (χ2v) is 2.16. The SMILES string of the molecule is CC(C)=C/C(N)=C\CN. The molecule has 0 radical (unpaired) electrons. The van der Waals surface area contributed by atoms with Gasteiger partial charge < -0.3 is 11.5 Å². The molecule has 0 fully saturated rings. The van der Waals surface area contributed by atoms with Gasteiger partial charge in [0.15, 0.2) is 0 Å². The van der Waals surface area contributed by atoms with Gasteiger partial charge in [0.05, 0.1) is 0 Å². The van der Waals surface area contributed by atoms with Gasteiger partial charge >= 0.3 is 0 Å². The molecule has 0 atom stereocenters. The Morgan fingerprint density at radius 2 is 2.00 bits per heavy atom. The molecule has 0 unspecified atom stereocenters. The number of hydrogen-bond donors (Lipinski definition) is 2. The van der Waals surface area contributed by atoms with E-state index in [1.165, 1.54) is 5.57 Å². The highest BCUT2D eigenvalue weighted by Gasteiger charge is 1.80. The molecule has 0 saturated heterocycles. The Morgan fingerprint density at radius 1 is 1.44 bits per heavy atom. The minimum atomic E-state index is 0.510. The summed E-state index contributed by atoms with van der Waals surface area (Å²) in [5, 5.41) is 0. The zero-order valence-corrected chi connectivity index (χ0v) is 6.02. The van der Waals surface area contributed by atoms with Crippen molar-refractivity contribution in [2.24, 2.45) is 11.5 Å². The molecule has 0 aliphatic heterocycles. The molecule has 0 aromatic carbocycles. The van der Waals surface area contributed by atoms with Crippen molar-refractivity contribution in [2.45, 2.75) is 13.8 Å². The molecular weight excluding hydrogens is 112 g/mol. The van der Waals surface area contributed by atoms with E-state index in [1.807, 2.05) is 19.9 Å². The van der Waals surface area contributed by atoms with Crippen LogP contribution < -0.4 is 11.5 Å². The first kappa shape index (κ1) is 8.24. The van der Waals surface area contributed by atoms with Crippen LogP contribution in [-0.2, 0) is 0 Å². The third-order valence-corrected chi connectivity index (χ3v) is 0.809. The average molecular weight is 126 g/mol. The number of hydrogen-bond acceptors (Lipinski definition) is 2. The molecule has 0 saturated carbocycles. The first-order valence-corrected chi connectivity index (χ1v) is 2.97. The van der Waals surface area contributed by atoms with E-state index in [9.17, 15) is 0 Å². The minimum absolute atomic E-state index is 0.510. The predicted molar refractivity (Wildman–Crippen MR) is 40.8 cm³/mol. The molecule has 0 amide bonds. The van der Waals surface area contributed by atoms with Gasteiger partial charge in [0.25, 0.3) is 0 Å². The van der Waals surface area contributed by atoms with Crippen LogP contribution in [0.4, 0.5) is 0 Å². The van der Waals surface area contributed by atoms with E-state index in [-0.39, 0.29) is 0 Å². The summed E-state index contributed by atoms with van der Waals surface area (Å²) in [7, 11) is 0. The third-order valence-electron chi connectivity index (χ3n) is 0.809. The minimum Gasteiger partial charge on any atom is -0.399 e. The fourth-order valence-corrected chi connectivity index (χ4v) is 0.528. The molecule has 0 heterocycles. The normalized spacial score (nSPS) is 11.2. The molecular formula is C7H14N2. The summed E-state index contributed by atoms with van der Waals surface area (Å²) in [5.41, 5.74) is 12.6. The first-order valence-electron chi connectivity index (χ1n) is 2.97. The first-order chi connectivity index (χ1) is 4.16. The molecule has 0 bridgehead atoms. The van der Waals surface area contributed by atoms with Gasteiger partial charge in [-0.25, -0.2) is 0 Å². The van der Waals surface area contributed by atoms with E-state index in [1.54, 1.807) is 6.08 Å². The Morgan fingerprint density at radius 3 is 2.33 bits per heavy atom.